The van der Waals surface area contributed by atoms with Crippen molar-refractivity contribution in [2.75, 3.05) is 26.1 Å². The van der Waals surface area contributed by atoms with Crippen molar-refractivity contribution in [1.29, 1.82) is 0 Å². The van der Waals surface area contributed by atoms with Gasteiger partial charge in [0.05, 0.1) is 30.5 Å². The quantitative estimate of drug-likeness (QED) is 0.767. The van der Waals surface area contributed by atoms with Crippen LogP contribution in [0.3, 0.4) is 0 Å². The monoisotopic (exact) mass is 383 g/mol. The molecule has 0 aliphatic rings. The SMILES string of the molecule is COc1ccc(NC(=O)COC(=O)c2cc(Cl)ccc2Cl)c(OC)c1. The summed E-state index contributed by atoms with van der Waals surface area (Å²) in [5.74, 6) is -0.284. The normalized spacial score (nSPS) is 10.1. The van der Waals surface area contributed by atoms with Crippen molar-refractivity contribution < 1.29 is 23.8 Å². The fraction of sp³-hybridized carbons (Fsp3) is 0.176. The molecule has 0 fully saturated rings. The summed E-state index contributed by atoms with van der Waals surface area (Å²) in [4.78, 5) is 24.0. The van der Waals surface area contributed by atoms with Gasteiger partial charge in [-0.1, -0.05) is 23.2 Å². The number of anilines is 1. The fourth-order valence-corrected chi connectivity index (χ4v) is 2.32. The number of ether oxygens (including phenoxy) is 3. The van der Waals surface area contributed by atoms with E-state index in [1.54, 1.807) is 24.3 Å². The van der Waals surface area contributed by atoms with Gasteiger partial charge in [-0.15, -0.1) is 0 Å². The summed E-state index contributed by atoms with van der Waals surface area (Å²) in [6, 6.07) is 9.29. The number of hydrogen-bond donors (Lipinski definition) is 1. The van der Waals surface area contributed by atoms with Gasteiger partial charge in [0.2, 0.25) is 0 Å². The van der Waals surface area contributed by atoms with Crippen molar-refractivity contribution in [1.82, 2.24) is 0 Å². The zero-order valence-corrected chi connectivity index (χ0v) is 15.0. The van der Waals surface area contributed by atoms with Crippen LogP contribution in [0.5, 0.6) is 11.5 Å². The Bertz CT molecular complexity index is 795. The average Bonchev–Trinajstić information content (AvgIpc) is 2.62. The van der Waals surface area contributed by atoms with Crippen molar-refractivity contribution >= 4 is 40.8 Å². The first-order chi connectivity index (χ1) is 11.9. The minimum Gasteiger partial charge on any atom is -0.497 e. The van der Waals surface area contributed by atoms with Crippen LogP contribution in [0.4, 0.5) is 5.69 Å². The maximum absolute atomic E-state index is 12.0. The van der Waals surface area contributed by atoms with E-state index in [-0.39, 0.29) is 10.6 Å². The summed E-state index contributed by atoms with van der Waals surface area (Å²) in [6.07, 6.45) is 0. The lowest BCUT2D eigenvalue weighted by Crippen LogP contribution is -2.21. The molecule has 0 radical (unpaired) electrons. The predicted molar refractivity (Wildman–Crippen MR) is 94.9 cm³/mol. The molecule has 0 saturated heterocycles. The highest BCUT2D eigenvalue weighted by molar-refractivity contribution is 6.35. The number of halogens is 2. The lowest BCUT2D eigenvalue weighted by atomic mass is 10.2. The minimum atomic E-state index is -0.746. The molecule has 2 aromatic carbocycles. The minimum absolute atomic E-state index is 0.0870. The Kier molecular flexibility index (Phi) is 6.50. The molecule has 0 aromatic heterocycles. The zero-order chi connectivity index (χ0) is 18.4. The number of methoxy groups -OCH3 is 2. The van der Waals surface area contributed by atoms with E-state index in [1.165, 1.54) is 26.4 Å². The number of carbonyl (C=O) groups is 2. The van der Waals surface area contributed by atoms with E-state index in [0.29, 0.717) is 22.2 Å². The number of esters is 1. The molecule has 1 amide bonds. The number of benzene rings is 2. The summed E-state index contributed by atoms with van der Waals surface area (Å²) in [5, 5.41) is 3.11. The summed E-state index contributed by atoms with van der Waals surface area (Å²) in [6.45, 7) is -0.489. The zero-order valence-electron chi connectivity index (χ0n) is 13.5. The van der Waals surface area contributed by atoms with Crippen LogP contribution in [0.25, 0.3) is 0 Å². The lowest BCUT2D eigenvalue weighted by molar-refractivity contribution is -0.119. The van der Waals surface area contributed by atoms with Crippen LogP contribution in [0.1, 0.15) is 10.4 Å². The second-order valence-electron chi connectivity index (χ2n) is 4.81. The fourth-order valence-electron chi connectivity index (χ4n) is 1.95. The average molecular weight is 384 g/mol. The molecule has 8 heteroatoms. The molecule has 25 heavy (non-hydrogen) atoms. The first-order valence-corrected chi connectivity index (χ1v) is 7.84. The Morgan fingerprint density at radius 3 is 2.48 bits per heavy atom. The molecule has 1 N–H and O–H groups in total. The Morgan fingerprint density at radius 2 is 1.80 bits per heavy atom. The van der Waals surface area contributed by atoms with Gasteiger partial charge in [0.25, 0.3) is 5.91 Å². The second kappa shape index (κ2) is 8.60. The van der Waals surface area contributed by atoms with Crippen LogP contribution in [0.2, 0.25) is 10.0 Å². The van der Waals surface area contributed by atoms with Crippen LogP contribution < -0.4 is 14.8 Å². The second-order valence-corrected chi connectivity index (χ2v) is 5.66. The Labute approximate surface area is 154 Å². The molecule has 0 aliphatic carbocycles. The molecule has 0 unspecified atom stereocenters. The van der Waals surface area contributed by atoms with E-state index in [9.17, 15) is 9.59 Å². The van der Waals surface area contributed by atoms with Crippen molar-refractivity contribution in [2.24, 2.45) is 0 Å². The molecule has 0 atom stereocenters. The molecular formula is C17H15Cl2NO5. The van der Waals surface area contributed by atoms with E-state index >= 15 is 0 Å². The van der Waals surface area contributed by atoms with Crippen molar-refractivity contribution in [3.63, 3.8) is 0 Å². The third-order valence-corrected chi connectivity index (χ3v) is 3.73. The predicted octanol–water partition coefficient (Wildman–Crippen LogP) is 3.81. The molecule has 132 valence electrons. The molecule has 0 saturated carbocycles. The number of carbonyl (C=O) groups excluding carboxylic acids is 2. The van der Waals surface area contributed by atoms with Gasteiger partial charge < -0.3 is 19.5 Å². The van der Waals surface area contributed by atoms with E-state index < -0.39 is 18.5 Å². The van der Waals surface area contributed by atoms with E-state index in [0.717, 1.165) is 0 Å². The molecule has 2 rings (SSSR count). The van der Waals surface area contributed by atoms with Gasteiger partial charge in [-0.3, -0.25) is 4.79 Å². The third kappa shape index (κ3) is 5.01. The lowest BCUT2D eigenvalue weighted by Gasteiger charge is -2.12. The van der Waals surface area contributed by atoms with Gasteiger partial charge >= 0.3 is 5.97 Å². The molecule has 2 aromatic rings. The van der Waals surface area contributed by atoms with Gasteiger partial charge in [0.1, 0.15) is 11.5 Å². The van der Waals surface area contributed by atoms with Crippen LogP contribution in [-0.4, -0.2) is 32.7 Å². The largest absolute Gasteiger partial charge is 0.497 e. The Hall–Kier alpha value is -2.44. The maximum Gasteiger partial charge on any atom is 0.340 e. The number of amides is 1. The Balaban J connectivity index is 1.99. The summed E-state index contributed by atoms with van der Waals surface area (Å²) >= 11 is 11.7. The molecular weight excluding hydrogens is 369 g/mol. The Morgan fingerprint density at radius 1 is 1.04 bits per heavy atom. The van der Waals surface area contributed by atoms with Gasteiger partial charge in [0, 0.05) is 11.1 Å². The van der Waals surface area contributed by atoms with Crippen molar-refractivity contribution in [2.45, 2.75) is 0 Å². The maximum atomic E-state index is 12.0. The smallest absolute Gasteiger partial charge is 0.340 e. The van der Waals surface area contributed by atoms with Crippen LogP contribution in [0, 0.1) is 0 Å². The van der Waals surface area contributed by atoms with E-state index in [2.05, 4.69) is 5.32 Å². The topological polar surface area (TPSA) is 73.9 Å². The number of nitrogens with one attached hydrogen (secondary N) is 1. The van der Waals surface area contributed by atoms with E-state index in [4.69, 9.17) is 37.4 Å². The van der Waals surface area contributed by atoms with Crippen LogP contribution in [-0.2, 0) is 9.53 Å². The van der Waals surface area contributed by atoms with E-state index in [1.807, 2.05) is 0 Å². The van der Waals surface area contributed by atoms with Gasteiger partial charge in [-0.25, -0.2) is 4.79 Å². The third-order valence-electron chi connectivity index (χ3n) is 3.17. The highest BCUT2D eigenvalue weighted by Crippen LogP contribution is 2.29. The van der Waals surface area contributed by atoms with Crippen LogP contribution in [0.15, 0.2) is 36.4 Å². The van der Waals surface area contributed by atoms with Crippen LogP contribution >= 0.6 is 23.2 Å². The van der Waals surface area contributed by atoms with Gasteiger partial charge in [0.15, 0.2) is 6.61 Å². The number of hydrogen-bond acceptors (Lipinski definition) is 5. The van der Waals surface area contributed by atoms with Crippen molar-refractivity contribution in [3.8, 4) is 11.5 Å². The molecule has 0 bridgehead atoms. The summed E-state index contributed by atoms with van der Waals surface area (Å²) in [7, 11) is 2.99. The van der Waals surface area contributed by atoms with Gasteiger partial charge in [-0.05, 0) is 30.3 Å². The first-order valence-electron chi connectivity index (χ1n) is 7.08. The molecule has 0 spiro atoms. The molecule has 0 heterocycles. The van der Waals surface area contributed by atoms with Gasteiger partial charge in [-0.2, -0.15) is 0 Å². The summed E-state index contributed by atoms with van der Waals surface area (Å²) < 4.78 is 15.2. The standard InChI is InChI=1S/C17H15Cl2NO5/c1-23-11-4-6-14(15(8-11)24-2)20-16(21)9-25-17(22)12-7-10(18)3-5-13(12)19/h3-8H,9H2,1-2H3,(H,20,21). The molecule has 6 nitrogen and oxygen atoms in total. The molecule has 0 aliphatic heterocycles. The summed E-state index contributed by atoms with van der Waals surface area (Å²) in [5.41, 5.74) is 0.508. The van der Waals surface area contributed by atoms with Crippen molar-refractivity contribution in [3.05, 3.63) is 52.0 Å². The highest BCUT2D eigenvalue weighted by atomic mass is 35.5. The highest BCUT2D eigenvalue weighted by Gasteiger charge is 2.15. The first kappa shape index (κ1) is 18.9. The number of rotatable bonds is 6.